The summed E-state index contributed by atoms with van der Waals surface area (Å²) >= 11 is 3.30. The van der Waals surface area contributed by atoms with Crippen molar-refractivity contribution in [1.29, 1.82) is 0 Å². The Labute approximate surface area is 130 Å². The number of benzene rings is 2. The first-order chi connectivity index (χ1) is 10.3. The lowest BCUT2D eigenvalue weighted by Crippen LogP contribution is -1.78. The molecule has 21 heavy (non-hydrogen) atoms. The van der Waals surface area contributed by atoms with Crippen molar-refractivity contribution in [1.82, 2.24) is 4.98 Å². The summed E-state index contributed by atoms with van der Waals surface area (Å²) in [5.41, 5.74) is 1.76. The van der Waals surface area contributed by atoms with Crippen molar-refractivity contribution in [2.24, 2.45) is 0 Å². The molecule has 0 atom stereocenters. The van der Waals surface area contributed by atoms with Gasteiger partial charge < -0.3 is 5.11 Å². The molecule has 0 aliphatic heterocycles. The number of aromatic nitrogens is 1. The SMILES string of the molecule is Oc1ccccc1-c1nc(-c2cc3ccccc3s2)cs1. The third kappa shape index (κ3) is 2.22. The highest BCUT2D eigenvalue weighted by Crippen LogP contribution is 2.37. The number of nitrogens with zero attached hydrogens (tertiary/aromatic N) is 1. The van der Waals surface area contributed by atoms with Crippen molar-refractivity contribution in [3.8, 4) is 26.9 Å². The summed E-state index contributed by atoms with van der Waals surface area (Å²) in [6, 6.07) is 17.8. The smallest absolute Gasteiger partial charge is 0.127 e. The van der Waals surface area contributed by atoms with Crippen LogP contribution in [0.2, 0.25) is 0 Å². The molecule has 2 aromatic carbocycles. The van der Waals surface area contributed by atoms with Crippen molar-refractivity contribution in [3.05, 3.63) is 60.0 Å². The maximum absolute atomic E-state index is 9.93. The van der Waals surface area contributed by atoms with Crippen LogP contribution in [0.15, 0.2) is 60.0 Å². The zero-order valence-electron chi connectivity index (χ0n) is 11.0. The first-order valence-corrected chi connectivity index (χ1v) is 8.24. The van der Waals surface area contributed by atoms with E-state index in [0.29, 0.717) is 0 Å². The molecule has 2 nitrogen and oxygen atoms in total. The summed E-state index contributed by atoms with van der Waals surface area (Å²) in [6.07, 6.45) is 0. The monoisotopic (exact) mass is 309 g/mol. The summed E-state index contributed by atoms with van der Waals surface area (Å²) in [5, 5.41) is 14.1. The molecule has 0 aliphatic carbocycles. The normalized spacial score (nSPS) is 11.0. The van der Waals surface area contributed by atoms with Crippen molar-refractivity contribution in [3.63, 3.8) is 0 Å². The molecule has 2 heterocycles. The zero-order valence-corrected chi connectivity index (χ0v) is 12.6. The molecule has 0 bridgehead atoms. The molecule has 0 radical (unpaired) electrons. The fourth-order valence-corrected chi connectivity index (χ4v) is 4.22. The van der Waals surface area contributed by atoms with E-state index in [0.717, 1.165) is 21.1 Å². The second kappa shape index (κ2) is 4.98. The van der Waals surface area contributed by atoms with Crippen LogP contribution < -0.4 is 0 Å². The van der Waals surface area contributed by atoms with Crippen molar-refractivity contribution in [2.45, 2.75) is 0 Å². The van der Waals surface area contributed by atoms with Crippen LogP contribution in [0.25, 0.3) is 31.2 Å². The van der Waals surface area contributed by atoms with Crippen LogP contribution in [0.3, 0.4) is 0 Å². The molecule has 0 saturated heterocycles. The highest BCUT2D eigenvalue weighted by molar-refractivity contribution is 7.22. The maximum atomic E-state index is 9.93. The highest BCUT2D eigenvalue weighted by Gasteiger charge is 2.11. The van der Waals surface area contributed by atoms with Gasteiger partial charge in [-0.15, -0.1) is 22.7 Å². The standard InChI is InChI=1S/C17H11NOS2/c19-14-7-3-2-6-12(14)17-18-13(10-20-17)16-9-11-5-1-4-8-15(11)21-16/h1-10,19H. The Morgan fingerprint density at radius 2 is 1.76 bits per heavy atom. The molecule has 0 amide bonds. The van der Waals surface area contributed by atoms with E-state index in [2.05, 4.69) is 29.2 Å². The van der Waals surface area contributed by atoms with Gasteiger partial charge in [-0.1, -0.05) is 30.3 Å². The van der Waals surface area contributed by atoms with Crippen molar-refractivity contribution in [2.75, 3.05) is 0 Å². The van der Waals surface area contributed by atoms with Crippen molar-refractivity contribution >= 4 is 32.8 Å². The van der Waals surface area contributed by atoms with Gasteiger partial charge in [0, 0.05) is 10.1 Å². The van der Waals surface area contributed by atoms with Crippen LogP contribution in [0.4, 0.5) is 0 Å². The Kier molecular flexibility index (Phi) is 2.98. The van der Waals surface area contributed by atoms with Gasteiger partial charge in [0.15, 0.2) is 0 Å². The van der Waals surface area contributed by atoms with E-state index < -0.39 is 0 Å². The molecule has 102 valence electrons. The van der Waals surface area contributed by atoms with Gasteiger partial charge in [0.2, 0.25) is 0 Å². The first kappa shape index (κ1) is 12.6. The van der Waals surface area contributed by atoms with Crippen molar-refractivity contribution < 1.29 is 5.11 Å². The van der Waals surface area contributed by atoms with E-state index in [1.807, 2.05) is 29.6 Å². The Balaban J connectivity index is 1.79. The van der Waals surface area contributed by atoms with Gasteiger partial charge in [-0.3, -0.25) is 0 Å². The lowest BCUT2D eigenvalue weighted by Gasteiger charge is -1.98. The van der Waals surface area contributed by atoms with Gasteiger partial charge in [-0.25, -0.2) is 4.98 Å². The number of thiazole rings is 1. The fourth-order valence-electron chi connectivity index (χ4n) is 2.27. The molecule has 0 unspecified atom stereocenters. The molecule has 0 saturated carbocycles. The average molecular weight is 309 g/mol. The molecule has 2 aromatic heterocycles. The summed E-state index contributed by atoms with van der Waals surface area (Å²) in [4.78, 5) is 5.84. The number of phenols is 1. The van der Waals surface area contributed by atoms with E-state index in [-0.39, 0.29) is 5.75 Å². The molecule has 4 heteroatoms. The molecular formula is C17H11NOS2. The van der Waals surface area contributed by atoms with Gasteiger partial charge >= 0.3 is 0 Å². The lowest BCUT2D eigenvalue weighted by molar-refractivity contribution is 0.477. The number of fused-ring (bicyclic) bond motifs is 1. The van der Waals surface area contributed by atoms with E-state index in [9.17, 15) is 5.11 Å². The Morgan fingerprint density at radius 3 is 2.62 bits per heavy atom. The van der Waals surface area contributed by atoms with E-state index in [1.54, 1.807) is 28.7 Å². The second-order valence-electron chi connectivity index (χ2n) is 4.70. The minimum Gasteiger partial charge on any atom is -0.507 e. The predicted octanol–water partition coefficient (Wildman–Crippen LogP) is 5.40. The van der Waals surface area contributed by atoms with E-state index >= 15 is 0 Å². The van der Waals surface area contributed by atoms with Gasteiger partial charge in [0.25, 0.3) is 0 Å². The molecule has 0 fully saturated rings. The van der Waals surface area contributed by atoms with Gasteiger partial charge in [-0.05, 0) is 29.7 Å². The minimum absolute atomic E-state index is 0.273. The number of aromatic hydroxyl groups is 1. The number of thiophene rings is 1. The average Bonchev–Trinajstić information content (AvgIpc) is 3.14. The molecule has 0 spiro atoms. The zero-order chi connectivity index (χ0) is 14.2. The Hall–Kier alpha value is -2.17. The van der Waals surface area contributed by atoms with Crippen LogP contribution in [-0.4, -0.2) is 10.1 Å². The third-order valence-corrected chi connectivity index (χ3v) is 5.33. The Morgan fingerprint density at radius 1 is 0.952 bits per heavy atom. The summed E-state index contributed by atoms with van der Waals surface area (Å²) < 4.78 is 1.27. The van der Waals surface area contributed by atoms with E-state index in [1.165, 1.54) is 10.1 Å². The highest BCUT2D eigenvalue weighted by atomic mass is 32.1. The Bertz CT molecular complexity index is 890. The molecule has 4 aromatic rings. The summed E-state index contributed by atoms with van der Waals surface area (Å²) in [6.45, 7) is 0. The fraction of sp³-hybridized carbons (Fsp3) is 0. The topological polar surface area (TPSA) is 33.1 Å². The molecule has 0 aliphatic rings. The third-order valence-electron chi connectivity index (χ3n) is 3.32. The van der Waals surface area contributed by atoms with Crippen LogP contribution in [-0.2, 0) is 0 Å². The molecular weight excluding hydrogens is 298 g/mol. The molecule has 1 N–H and O–H groups in total. The number of hydrogen-bond acceptors (Lipinski definition) is 4. The predicted molar refractivity (Wildman–Crippen MR) is 90.0 cm³/mol. The molecule has 4 rings (SSSR count). The summed E-state index contributed by atoms with van der Waals surface area (Å²) in [5.74, 6) is 0.273. The number of phenolic OH excluding ortho intramolecular Hbond substituents is 1. The van der Waals surface area contributed by atoms with E-state index in [4.69, 9.17) is 0 Å². The first-order valence-electron chi connectivity index (χ1n) is 6.54. The quantitative estimate of drug-likeness (QED) is 0.538. The minimum atomic E-state index is 0.273. The van der Waals surface area contributed by atoms with Gasteiger partial charge in [0.05, 0.1) is 16.1 Å². The van der Waals surface area contributed by atoms with Gasteiger partial charge in [-0.2, -0.15) is 0 Å². The van der Waals surface area contributed by atoms with Crippen LogP contribution in [0.5, 0.6) is 5.75 Å². The number of rotatable bonds is 2. The number of para-hydroxylation sites is 1. The summed E-state index contributed by atoms with van der Waals surface area (Å²) in [7, 11) is 0. The maximum Gasteiger partial charge on any atom is 0.127 e. The van der Waals surface area contributed by atoms with Gasteiger partial charge in [0.1, 0.15) is 10.8 Å². The van der Waals surface area contributed by atoms with Crippen LogP contribution in [0.1, 0.15) is 0 Å². The second-order valence-corrected chi connectivity index (χ2v) is 6.65. The number of hydrogen-bond donors (Lipinski definition) is 1. The van der Waals surface area contributed by atoms with Crippen LogP contribution in [0, 0.1) is 0 Å². The lowest BCUT2D eigenvalue weighted by atomic mass is 10.2. The van der Waals surface area contributed by atoms with Crippen LogP contribution >= 0.6 is 22.7 Å². The largest absolute Gasteiger partial charge is 0.507 e.